The summed E-state index contributed by atoms with van der Waals surface area (Å²) in [4.78, 5) is 2.73. The Balaban J connectivity index is 1.82. The Bertz CT molecular complexity index is 469. The molecule has 1 aliphatic carbocycles. The van der Waals surface area contributed by atoms with E-state index in [1.807, 2.05) is 11.7 Å². The molecule has 2 heterocycles. The third-order valence-corrected chi connectivity index (χ3v) is 5.96. The third kappa shape index (κ3) is 2.76. The van der Waals surface area contributed by atoms with E-state index in [-0.39, 0.29) is 0 Å². The van der Waals surface area contributed by atoms with Crippen molar-refractivity contribution in [2.45, 2.75) is 70.0 Å². The summed E-state index contributed by atoms with van der Waals surface area (Å²) >= 11 is 0. The standard InChI is InChI=1S/C17H30N4/c1-4-17(5-2)13-18-16(9-6-7-10-16)14-21(17)12-15-8-11-20(3)19-15/h8,11,18H,4-7,9-10,12-14H2,1-3H3. The van der Waals surface area contributed by atoms with Crippen LogP contribution < -0.4 is 5.32 Å². The zero-order valence-corrected chi connectivity index (χ0v) is 13.9. The van der Waals surface area contributed by atoms with Gasteiger partial charge in [-0.05, 0) is 31.7 Å². The number of hydrogen-bond donors (Lipinski definition) is 1. The number of nitrogens with one attached hydrogen (secondary N) is 1. The van der Waals surface area contributed by atoms with E-state index < -0.39 is 0 Å². The van der Waals surface area contributed by atoms with E-state index in [2.05, 4.69) is 41.4 Å². The van der Waals surface area contributed by atoms with Crippen molar-refractivity contribution in [1.82, 2.24) is 20.0 Å². The smallest absolute Gasteiger partial charge is 0.0764 e. The Morgan fingerprint density at radius 1 is 1.24 bits per heavy atom. The van der Waals surface area contributed by atoms with Gasteiger partial charge in [-0.15, -0.1) is 0 Å². The lowest BCUT2D eigenvalue weighted by Crippen LogP contribution is -2.68. The van der Waals surface area contributed by atoms with Gasteiger partial charge in [0.25, 0.3) is 0 Å². The van der Waals surface area contributed by atoms with Crippen molar-refractivity contribution in [1.29, 1.82) is 0 Å². The molecule has 1 aromatic heterocycles. The molecule has 0 amide bonds. The van der Waals surface area contributed by atoms with E-state index in [9.17, 15) is 0 Å². The summed E-state index contributed by atoms with van der Waals surface area (Å²) in [5.74, 6) is 0. The molecule has 4 heteroatoms. The Morgan fingerprint density at radius 3 is 2.52 bits per heavy atom. The van der Waals surface area contributed by atoms with Gasteiger partial charge in [-0.3, -0.25) is 9.58 Å². The van der Waals surface area contributed by atoms with Crippen LogP contribution in [0.5, 0.6) is 0 Å². The highest BCUT2D eigenvalue weighted by Crippen LogP contribution is 2.38. The Kier molecular flexibility index (Phi) is 4.10. The van der Waals surface area contributed by atoms with Gasteiger partial charge in [0.2, 0.25) is 0 Å². The maximum absolute atomic E-state index is 4.61. The fraction of sp³-hybridized carbons (Fsp3) is 0.824. The minimum absolute atomic E-state index is 0.297. The summed E-state index contributed by atoms with van der Waals surface area (Å²) in [5, 5.41) is 8.55. The zero-order valence-electron chi connectivity index (χ0n) is 13.9. The molecule has 1 saturated heterocycles. The topological polar surface area (TPSA) is 33.1 Å². The van der Waals surface area contributed by atoms with Crippen molar-refractivity contribution < 1.29 is 0 Å². The highest BCUT2D eigenvalue weighted by molar-refractivity contribution is 5.09. The van der Waals surface area contributed by atoms with Crippen LogP contribution in [0.4, 0.5) is 0 Å². The Hall–Kier alpha value is -0.870. The molecule has 1 aliphatic heterocycles. The van der Waals surface area contributed by atoms with Crippen molar-refractivity contribution in [3.8, 4) is 0 Å². The molecular weight excluding hydrogens is 260 g/mol. The van der Waals surface area contributed by atoms with Gasteiger partial charge in [0, 0.05) is 44.0 Å². The van der Waals surface area contributed by atoms with E-state index in [0.717, 1.165) is 13.1 Å². The molecule has 118 valence electrons. The first-order chi connectivity index (χ1) is 10.1. The molecule has 1 aromatic rings. The quantitative estimate of drug-likeness (QED) is 0.925. The largest absolute Gasteiger partial charge is 0.308 e. The van der Waals surface area contributed by atoms with Gasteiger partial charge >= 0.3 is 0 Å². The van der Waals surface area contributed by atoms with Gasteiger partial charge in [0.1, 0.15) is 0 Å². The van der Waals surface area contributed by atoms with Crippen LogP contribution in [0.2, 0.25) is 0 Å². The number of aryl methyl sites for hydroxylation is 1. The summed E-state index contributed by atoms with van der Waals surface area (Å²) in [7, 11) is 2.01. The normalized spacial score (nSPS) is 24.7. The van der Waals surface area contributed by atoms with E-state index >= 15 is 0 Å². The molecule has 2 aliphatic rings. The van der Waals surface area contributed by atoms with Gasteiger partial charge in [-0.1, -0.05) is 26.7 Å². The fourth-order valence-electron chi connectivity index (χ4n) is 4.35. The molecule has 0 aromatic carbocycles. The van der Waals surface area contributed by atoms with Crippen LogP contribution in [-0.4, -0.2) is 38.8 Å². The average molecular weight is 290 g/mol. The number of aromatic nitrogens is 2. The van der Waals surface area contributed by atoms with E-state index in [1.165, 1.54) is 50.8 Å². The van der Waals surface area contributed by atoms with Crippen molar-refractivity contribution in [3.05, 3.63) is 18.0 Å². The molecule has 4 nitrogen and oxygen atoms in total. The molecule has 2 fully saturated rings. The molecule has 1 N–H and O–H groups in total. The van der Waals surface area contributed by atoms with Crippen LogP contribution in [-0.2, 0) is 13.6 Å². The van der Waals surface area contributed by atoms with Crippen LogP contribution in [0.25, 0.3) is 0 Å². The lowest BCUT2D eigenvalue weighted by Gasteiger charge is -2.53. The first-order valence-corrected chi connectivity index (χ1v) is 8.60. The molecule has 21 heavy (non-hydrogen) atoms. The van der Waals surface area contributed by atoms with Gasteiger partial charge in [0.15, 0.2) is 0 Å². The van der Waals surface area contributed by atoms with Gasteiger partial charge in [-0.25, -0.2) is 0 Å². The molecule has 0 atom stereocenters. The molecule has 1 saturated carbocycles. The minimum Gasteiger partial charge on any atom is -0.308 e. The summed E-state index contributed by atoms with van der Waals surface area (Å²) in [5.41, 5.74) is 1.88. The average Bonchev–Trinajstić information content (AvgIpc) is 3.10. The van der Waals surface area contributed by atoms with Crippen LogP contribution in [0.15, 0.2) is 12.3 Å². The van der Waals surface area contributed by atoms with Crippen molar-refractivity contribution in [2.75, 3.05) is 13.1 Å². The minimum atomic E-state index is 0.297. The van der Waals surface area contributed by atoms with E-state index in [4.69, 9.17) is 0 Å². The summed E-state index contributed by atoms with van der Waals surface area (Å²) < 4.78 is 1.92. The van der Waals surface area contributed by atoms with Crippen LogP contribution >= 0.6 is 0 Å². The number of nitrogens with zero attached hydrogens (tertiary/aromatic N) is 3. The van der Waals surface area contributed by atoms with Crippen molar-refractivity contribution in [3.63, 3.8) is 0 Å². The SMILES string of the molecule is CCC1(CC)CNC2(CCCC2)CN1Cc1ccn(C)n1. The first-order valence-electron chi connectivity index (χ1n) is 8.60. The first kappa shape index (κ1) is 15.0. The number of piperazine rings is 1. The summed E-state index contributed by atoms with van der Waals surface area (Å²) in [6.07, 6.45) is 9.93. The second kappa shape index (κ2) is 5.73. The van der Waals surface area contributed by atoms with Crippen molar-refractivity contribution in [2.24, 2.45) is 7.05 Å². The highest BCUT2D eigenvalue weighted by atomic mass is 15.3. The van der Waals surface area contributed by atoms with Gasteiger partial charge < -0.3 is 5.32 Å². The maximum atomic E-state index is 4.61. The van der Waals surface area contributed by atoms with Crippen LogP contribution in [0.3, 0.4) is 0 Å². The molecule has 0 bridgehead atoms. The maximum Gasteiger partial charge on any atom is 0.0764 e. The second-order valence-corrected chi connectivity index (χ2v) is 7.11. The Morgan fingerprint density at radius 2 is 1.95 bits per heavy atom. The third-order valence-electron chi connectivity index (χ3n) is 5.96. The number of rotatable bonds is 4. The van der Waals surface area contributed by atoms with Crippen molar-refractivity contribution >= 4 is 0 Å². The molecular formula is C17H30N4. The highest BCUT2D eigenvalue weighted by Gasteiger charge is 2.46. The zero-order chi connectivity index (χ0) is 14.9. The molecule has 1 spiro atoms. The Labute approximate surface area is 128 Å². The van der Waals surface area contributed by atoms with E-state index in [1.54, 1.807) is 0 Å². The number of hydrogen-bond acceptors (Lipinski definition) is 3. The summed E-state index contributed by atoms with van der Waals surface area (Å²) in [6.45, 7) is 7.98. The lowest BCUT2D eigenvalue weighted by molar-refractivity contribution is -0.00740. The monoisotopic (exact) mass is 290 g/mol. The fourth-order valence-corrected chi connectivity index (χ4v) is 4.35. The summed E-state index contributed by atoms with van der Waals surface area (Å²) in [6, 6.07) is 2.17. The second-order valence-electron chi connectivity index (χ2n) is 7.11. The predicted molar refractivity (Wildman–Crippen MR) is 86.1 cm³/mol. The van der Waals surface area contributed by atoms with Gasteiger partial charge in [0.05, 0.1) is 5.69 Å². The molecule has 0 radical (unpaired) electrons. The van der Waals surface area contributed by atoms with Crippen LogP contribution in [0, 0.1) is 0 Å². The van der Waals surface area contributed by atoms with Crippen LogP contribution in [0.1, 0.15) is 58.1 Å². The van der Waals surface area contributed by atoms with E-state index in [0.29, 0.717) is 11.1 Å². The lowest BCUT2D eigenvalue weighted by atomic mass is 9.82. The predicted octanol–water partition coefficient (Wildman–Crippen LogP) is 2.70. The molecule has 0 unspecified atom stereocenters. The molecule has 3 rings (SSSR count). The van der Waals surface area contributed by atoms with Gasteiger partial charge in [-0.2, -0.15) is 5.10 Å².